The molecule has 3 fully saturated rings. The third kappa shape index (κ3) is 6.85. The number of ether oxygens (including phenoxy) is 1. The summed E-state index contributed by atoms with van der Waals surface area (Å²) in [6.07, 6.45) is 13.5. The number of piperidine rings is 1. The summed E-state index contributed by atoms with van der Waals surface area (Å²) in [5, 5.41) is 4.34. The fourth-order valence-corrected chi connectivity index (χ4v) is 7.27. The van der Waals surface area contributed by atoms with Crippen LogP contribution in [0.3, 0.4) is 0 Å². The van der Waals surface area contributed by atoms with Crippen molar-refractivity contribution in [2.24, 2.45) is 17.3 Å². The molecule has 2 atom stereocenters. The molecule has 0 bridgehead atoms. The summed E-state index contributed by atoms with van der Waals surface area (Å²) in [6, 6.07) is 7.69. The summed E-state index contributed by atoms with van der Waals surface area (Å²) in [7, 11) is 1.65. The molecule has 0 radical (unpaired) electrons. The number of fused-ring (bicyclic) bond motifs is 1. The zero-order valence-corrected chi connectivity index (χ0v) is 26.7. The van der Waals surface area contributed by atoms with Gasteiger partial charge in [-0.1, -0.05) is 45.1 Å². The number of amides is 1. The Kier molecular flexibility index (Phi) is 9.36. The molecule has 3 aromatic rings. The van der Waals surface area contributed by atoms with Gasteiger partial charge in [-0.2, -0.15) is 0 Å². The third-order valence-corrected chi connectivity index (χ3v) is 10.5. The van der Waals surface area contributed by atoms with E-state index in [0.29, 0.717) is 35.5 Å². The molecule has 3 heterocycles. The molecular formula is C36H48N4O4. The Balaban J connectivity index is 1.14. The lowest BCUT2D eigenvalue weighted by atomic mass is 9.81. The summed E-state index contributed by atoms with van der Waals surface area (Å²) in [6.45, 7) is 7.41. The molecule has 1 N–H and O–H groups in total. The van der Waals surface area contributed by atoms with Gasteiger partial charge >= 0.3 is 0 Å². The van der Waals surface area contributed by atoms with E-state index in [1.165, 1.54) is 19.3 Å². The van der Waals surface area contributed by atoms with Gasteiger partial charge in [0.05, 0.1) is 24.4 Å². The largest absolute Gasteiger partial charge is 0.496 e. The van der Waals surface area contributed by atoms with Gasteiger partial charge in [0, 0.05) is 35.9 Å². The maximum Gasteiger partial charge on any atom is 0.224 e. The van der Waals surface area contributed by atoms with Crippen molar-refractivity contribution in [3.8, 4) is 17.1 Å². The van der Waals surface area contributed by atoms with Gasteiger partial charge in [-0.25, -0.2) is 4.98 Å². The Morgan fingerprint density at radius 1 is 1.16 bits per heavy atom. The second-order valence-electron chi connectivity index (χ2n) is 13.5. The molecule has 2 saturated carbocycles. The number of nitrogens with one attached hydrogen (secondary N) is 1. The Morgan fingerprint density at radius 2 is 1.98 bits per heavy atom. The fourth-order valence-electron chi connectivity index (χ4n) is 7.27. The van der Waals surface area contributed by atoms with E-state index in [9.17, 15) is 9.59 Å². The van der Waals surface area contributed by atoms with E-state index in [1.54, 1.807) is 13.3 Å². The predicted octanol–water partition coefficient (Wildman–Crippen LogP) is 7.20. The van der Waals surface area contributed by atoms with E-state index < -0.39 is 0 Å². The molecule has 1 aliphatic heterocycles. The topological polar surface area (TPSA) is 97.6 Å². The van der Waals surface area contributed by atoms with Crippen molar-refractivity contribution < 1.29 is 18.7 Å². The number of hydrogen-bond acceptors (Lipinski definition) is 7. The third-order valence-electron chi connectivity index (χ3n) is 10.5. The molecule has 0 unspecified atom stereocenters. The molecule has 1 saturated heterocycles. The van der Waals surface area contributed by atoms with E-state index in [4.69, 9.17) is 9.15 Å². The number of pyridine rings is 1. The van der Waals surface area contributed by atoms with E-state index in [2.05, 4.69) is 27.1 Å². The van der Waals surface area contributed by atoms with E-state index in [-0.39, 0.29) is 23.3 Å². The van der Waals surface area contributed by atoms with Crippen molar-refractivity contribution in [3.63, 3.8) is 0 Å². The zero-order valence-electron chi connectivity index (χ0n) is 26.7. The van der Waals surface area contributed by atoms with Crippen LogP contribution < -0.4 is 10.1 Å². The standard InChI is InChI=1S/C36H48N4O4/c1-4-40-17-15-36(16-18-40)22-29(36)34(42)39-30(12-7-5-6-11-27(41)19-25-9-8-10-25)35-37-23-33(44-35)28-20-26-14-13-24(2)38-31(26)21-32(28)43-3/h13-14,20-21,23,25,29-30H,4-12,15-19,22H2,1-3H3,(H,39,42)/t29-,30+/m1/s1. The second kappa shape index (κ2) is 13.4. The molecule has 1 spiro atoms. The first-order valence-electron chi connectivity index (χ1n) is 16.8. The quantitative estimate of drug-likeness (QED) is 0.196. The molecule has 236 valence electrons. The summed E-state index contributed by atoms with van der Waals surface area (Å²) >= 11 is 0. The average Bonchev–Trinajstić information content (AvgIpc) is 3.48. The highest BCUT2D eigenvalue weighted by molar-refractivity contribution is 5.87. The van der Waals surface area contributed by atoms with E-state index in [1.807, 2.05) is 31.2 Å². The van der Waals surface area contributed by atoms with Crippen LogP contribution in [0.1, 0.15) is 102 Å². The Labute approximate surface area is 261 Å². The number of aromatic nitrogens is 2. The molecule has 1 aromatic carbocycles. The van der Waals surface area contributed by atoms with Crippen LogP contribution in [-0.4, -0.2) is 53.3 Å². The fraction of sp³-hybridized carbons (Fsp3) is 0.611. The minimum Gasteiger partial charge on any atom is -0.496 e. The first-order valence-corrected chi connectivity index (χ1v) is 16.8. The number of Topliss-reactive ketones (excluding diaryl/α,β-unsaturated/α-hetero) is 1. The molecule has 3 aliphatic rings. The summed E-state index contributed by atoms with van der Waals surface area (Å²) in [5.41, 5.74) is 2.78. The van der Waals surface area contributed by atoms with Gasteiger partial charge in [-0.3, -0.25) is 14.6 Å². The number of ketones is 1. The van der Waals surface area contributed by atoms with Crippen LogP contribution in [0.5, 0.6) is 5.75 Å². The number of nitrogens with zero attached hydrogens (tertiary/aromatic N) is 3. The maximum absolute atomic E-state index is 13.6. The van der Waals surface area contributed by atoms with Crippen molar-refractivity contribution in [3.05, 3.63) is 42.0 Å². The lowest BCUT2D eigenvalue weighted by molar-refractivity contribution is -0.124. The smallest absolute Gasteiger partial charge is 0.224 e. The van der Waals surface area contributed by atoms with Crippen LogP contribution in [0.25, 0.3) is 22.2 Å². The SMILES string of the molecule is CCN1CCC2(CC1)C[C@@H]2C(=O)N[C@@H](CCCCCC(=O)CC1CCC1)c1ncc(-c2cc3ccc(C)nc3cc2OC)o1. The van der Waals surface area contributed by atoms with Gasteiger partial charge < -0.3 is 19.4 Å². The van der Waals surface area contributed by atoms with Gasteiger partial charge in [0.2, 0.25) is 11.8 Å². The number of benzene rings is 1. The van der Waals surface area contributed by atoms with Crippen LogP contribution in [0.15, 0.2) is 34.9 Å². The highest BCUT2D eigenvalue weighted by Gasteiger charge is 2.58. The number of carbonyl (C=O) groups is 2. The monoisotopic (exact) mass is 600 g/mol. The lowest BCUT2D eigenvalue weighted by Crippen LogP contribution is -2.37. The van der Waals surface area contributed by atoms with Gasteiger partial charge in [-0.05, 0) is 82.1 Å². The normalized spacial score (nSPS) is 20.4. The zero-order chi connectivity index (χ0) is 30.7. The van der Waals surface area contributed by atoms with Gasteiger partial charge in [0.1, 0.15) is 17.6 Å². The second-order valence-corrected chi connectivity index (χ2v) is 13.5. The van der Waals surface area contributed by atoms with Crippen LogP contribution in [0, 0.1) is 24.2 Å². The number of rotatable bonds is 14. The number of aryl methyl sites for hydroxylation is 1. The minimum atomic E-state index is -0.314. The predicted molar refractivity (Wildman–Crippen MR) is 171 cm³/mol. The number of methoxy groups -OCH3 is 1. The summed E-state index contributed by atoms with van der Waals surface area (Å²) in [4.78, 5) is 37.8. The Hall–Kier alpha value is -3.26. The highest BCUT2D eigenvalue weighted by atomic mass is 16.5. The Morgan fingerprint density at radius 3 is 2.70 bits per heavy atom. The van der Waals surface area contributed by atoms with Crippen molar-refractivity contribution in [2.75, 3.05) is 26.7 Å². The van der Waals surface area contributed by atoms with E-state index >= 15 is 0 Å². The number of hydrogen-bond donors (Lipinski definition) is 1. The van der Waals surface area contributed by atoms with Crippen LogP contribution in [0.2, 0.25) is 0 Å². The number of carbonyl (C=O) groups excluding carboxylic acids is 2. The maximum atomic E-state index is 13.6. The molecular weight excluding hydrogens is 552 g/mol. The lowest BCUT2D eigenvalue weighted by Gasteiger charge is -2.32. The van der Waals surface area contributed by atoms with Gasteiger partial charge in [0.15, 0.2) is 5.76 Å². The summed E-state index contributed by atoms with van der Waals surface area (Å²) < 4.78 is 12.1. The highest BCUT2D eigenvalue weighted by Crippen LogP contribution is 2.59. The van der Waals surface area contributed by atoms with Gasteiger partial charge in [0.25, 0.3) is 0 Å². The Bertz CT molecular complexity index is 1470. The first kappa shape index (κ1) is 30.8. The number of unbranched alkanes of at least 4 members (excludes halogenated alkanes) is 2. The van der Waals surface area contributed by atoms with Crippen molar-refractivity contribution in [2.45, 2.75) is 96.9 Å². The van der Waals surface area contributed by atoms with Crippen molar-refractivity contribution in [1.29, 1.82) is 0 Å². The van der Waals surface area contributed by atoms with Gasteiger partial charge in [-0.15, -0.1) is 0 Å². The van der Waals surface area contributed by atoms with E-state index in [0.717, 1.165) is 93.2 Å². The van der Waals surface area contributed by atoms with Crippen LogP contribution in [-0.2, 0) is 9.59 Å². The first-order chi connectivity index (χ1) is 21.4. The minimum absolute atomic E-state index is 0.0686. The van der Waals surface area contributed by atoms with Crippen molar-refractivity contribution in [1.82, 2.24) is 20.2 Å². The average molecular weight is 601 g/mol. The van der Waals surface area contributed by atoms with Crippen molar-refractivity contribution >= 4 is 22.6 Å². The van der Waals surface area contributed by atoms with Crippen LogP contribution in [0.4, 0.5) is 0 Å². The summed E-state index contributed by atoms with van der Waals surface area (Å²) in [5.74, 6) is 3.02. The molecule has 44 heavy (non-hydrogen) atoms. The number of oxazole rings is 1. The van der Waals surface area contributed by atoms with Crippen LogP contribution >= 0.6 is 0 Å². The molecule has 2 aliphatic carbocycles. The molecule has 8 heteroatoms. The molecule has 1 amide bonds. The molecule has 2 aromatic heterocycles. The molecule has 6 rings (SSSR count). The molecule has 8 nitrogen and oxygen atoms in total. The number of likely N-dealkylation sites (tertiary alicyclic amines) is 1.